The van der Waals surface area contributed by atoms with Crippen LogP contribution in [-0.2, 0) is 6.42 Å². The molecule has 1 amide bonds. The smallest absolute Gasteiger partial charge is 0.257 e. The first kappa shape index (κ1) is 15.6. The van der Waals surface area contributed by atoms with Gasteiger partial charge in [-0.2, -0.15) is 0 Å². The fraction of sp³-hybridized carbons (Fsp3) is 0.136. The molecular weight excluding hydrogens is 313 g/mol. The average molecular weight is 331 g/mol. The number of hydrogen-bond donors (Lipinski definition) is 0. The Morgan fingerprint density at radius 1 is 0.880 bits per heavy atom. The van der Waals surface area contributed by atoms with E-state index in [4.69, 9.17) is 0 Å². The molecule has 1 aliphatic heterocycles. The van der Waals surface area contributed by atoms with Gasteiger partial charge in [0, 0.05) is 6.54 Å². The Bertz CT molecular complexity index is 907. The molecule has 3 heteroatoms. The summed E-state index contributed by atoms with van der Waals surface area (Å²) in [7, 11) is 0. The molecule has 3 aromatic carbocycles. The number of nitrogens with zero attached hydrogens (tertiary/aromatic N) is 1. The second kappa shape index (κ2) is 6.52. The Labute approximate surface area is 146 Å². The largest absolute Gasteiger partial charge is 0.327 e. The molecule has 1 atom stereocenters. The topological polar surface area (TPSA) is 20.3 Å². The average Bonchev–Trinajstić information content (AvgIpc) is 2.67. The minimum Gasteiger partial charge on any atom is -0.327 e. The predicted molar refractivity (Wildman–Crippen MR) is 95.9 cm³/mol. The van der Waals surface area contributed by atoms with E-state index >= 15 is 0 Å². The van der Waals surface area contributed by atoms with Crippen molar-refractivity contribution in [2.45, 2.75) is 12.5 Å². The summed E-state index contributed by atoms with van der Waals surface area (Å²) in [6.07, 6.45) is 0.777. The Balaban J connectivity index is 1.82. The van der Waals surface area contributed by atoms with Gasteiger partial charge in [0.2, 0.25) is 0 Å². The van der Waals surface area contributed by atoms with Crippen molar-refractivity contribution in [3.63, 3.8) is 0 Å². The Kier molecular flexibility index (Phi) is 4.06. The van der Waals surface area contributed by atoms with E-state index < -0.39 is 5.82 Å². The summed E-state index contributed by atoms with van der Waals surface area (Å²) in [6, 6.07) is 24.1. The highest BCUT2D eigenvalue weighted by molar-refractivity contribution is 5.95. The number of fused-ring (bicyclic) bond motifs is 1. The summed E-state index contributed by atoms with van der Waals surface area (Å²) in [5, 5.41) is 0. The van der Waals surface area contributed by atoms with Crippen LogP contribution in [-0.4, -0.2) is 17.4 Å². The van der Waals surface area contributed by atoms with Crippen LogP contribution < -0.4 is 0 Å². The van der Waals surface area contributed by atoms with Crippen molar-refractivity contribution in [2.24, 2.45) is 0 Å². The van der Waals surface area contributed by atoms with Gasteiger partial charge in [-0.25, -0.2) is 4.39 Å². The number of rotatable bonds is 2. The van der Waals surface area contributed by atoms with Gasteiger partial charge in [0.05, 0.1) is 11.6 Å². The quantitative estimate of drug-likeness (QED) is 0.671. The number of carbonyl (C=O) groups is 1. The van der Waals surface area contributed by atoms with Gasteiger partial charge in [-0.05, 0) is 35.2 Å². The zero-order valence-electron chi connectivity index (χ0n) is 13.7. The van der Waals surface area contributed by atoms with Crippen LogP contribution in [0, 0.1) is 5.82 Å². The zero-order chi connectivity index (χ0) is 17.2. The lowest BCUT2D eigenvalue weighted by Gasteiger charge is -2.38. The lowest BCUT2D eigenvalue weighted by molar-refractivity contribution is 0.0690. The van der Waals surface area contributed by atoms with Crippen LogP contribution in [0.25, 0.3) is 0 Å². The third-order valence-corrected chi connectivity index (χ3v) is 4.76. The van der Waals surface area contributed by atoms with Crippen LogP contribution in [0.15, 0.2) is 78.9 Å². The molecule has 0 bridgehead atoms. The minimum absolute atomic E-state index is 0.128. The van der Waals surface area contributed by atoms with E-state index in [9.17, 15) is 9.18 Å². The lowest BCUT2D eigenvalue weighted by atomic mass is 9.87. The van der Waals surface area contributed by atoms with Crippen LogP contribution in [0.3, 0.4) is 0 Å². The monoisotopic (exact) mass is 331 g/mol. The fourth-order valence-corrected chi connectivity index (χ4v) is 3.57. The number of amides is 1. The first-order chi connectivity index (χ1) is 12.3. The van der Waals surface area contributed by atoms with Crippen LogP contribution in [0.1, 0.15) is 33.1 Å². The van der Waals surface area contributed by atoms with E-state index in [0.29, 0.717) is 6.54 Å². The van der Waals surface area contributed by atoms with Crippen molar-refractivity contribution >= 4 is 5.91 Å². The van der Waals surface area contributed by atoms with Crippen LogP contribution in [0.2, 0.25) is 0 Å². The van der Waals surface area contributed by atoms with E-state index in [0.717, 1.165) is 17.5 Å². The van der Waals surface area contributed by atoms with Gasteiger partial charge in [0.1, 0.15) is 5.82 Å². The molecule has 3 aromatic rings. The van der Waals surface area contributed by atoms with Crippen molar-refractivity contribution < 1.29 is 9.18 Å². The highest BCUT2D eigenvalue weighted by atomic mass is 19.1. The van der Waals surface area contributed by atoms with Crippen molar-refractivity contribution in [1.82, 2.24) is 4.90 Å². The van der Waals surface area contributed by atoms with Crippen molar-refractivity contribution in [3.8, 4) is 0 Å². The SMILES string of the molecule is O=C(c1ccccc1F)N1CCc2ccccc2C1c1ccccc1. The normalized spacial score (nSPS) is 16.4. The summed E-state index contributed by atoms with van der Waals surface area (Å²) in [5.74, 6) is -0.736. The standard InChI is InChI=1S/C22H18FNO/c23-20-13-7-6-12-19(20)22(25)24-15-14-16-8-4-5-11-18(16)21(24)17-9-2-1-3-10-17/h1-13,21H,14-15H2. The number of halogens is 1. The number of hydrogen-bond acceptors (Lipinski definition) is 1. The first-order valence-electron chi connectivity index (χ1n) is 8.44. The molecule has 0 fully saturated rings. The van der Waals surface area contributed by atoms with Gasteiger partial charge in [0.15, 0.2) is 0 Å². The van der Waals surface area contributed by atoms with Crippen LogP contribution in [0.5, 0.6) is 0 Å². The molecular formula is C22H18FNO. The van der Waals surface area contributed by atoms with E-state index in [1.165, 1.54) is 11.6 Å². The molecule has 0 aromatic heterocycles. The van der Waals surface area contributed by atoms with E-state index in [1.54, 1.807) is 23.1 Å². The molecule has 1 unspecified atom stereocenters. The lowest BCUT2D eigenvalue weighted by Crippen LogP contribution is -2.40. The molecule has 0 N–H and O–H groups in total. The maximum Gasteiger partial charge on any atom is 0.257 e. The predicted octanol–water partition coefficient (Wildman–Crippen LogP) is 4.61. The molecule has 0 spiro atoms. The first-order valence-corrected chi connectivity index (χ1v) is 8.44. The molecule has 4 rings (SSSR count). The van der Waals surface area contributed by atoms with Crippen molar-refractivity contribution in [2.75, 3.05) is 6.54 Å². The van der Waals surface area contributed by atoms with Gasteiger partial charge in [-0.3, -0.25) is 4.79 Å². The maximum atomic E-state index is 14.2. The van der Waals surface area contributed by atoms with Gasteiger partial charge in [-0.15, -0.1) is 0 Å². The second-order valence-electron chi connectivity index (χ2n) is 6.24. The summed E-state index contributed by atoms with van der Waals surface area (Å²) < 4.78 is 14.2. The summed E-state index contributed by atoms with van der Waals surface area (Å²) in [4.78, 5) is 14.9. The fourth-order valence-electron chi connectivity index (χ4n) is 3.57. The van der Waals surface area contributed by atoms with Gasteiger partial charge in [0.25, 0.3) is 5.91 Å². The van der Waals surface area contributed by atoms with E-state index in [2.05, 4.69) is 12.1 Å². The Hall–Kier alpha value is -2.94. The molecule has 124 valence electrons. The zero-order valence-corrected chi connectivity index (χ0v) is 13.7. The number of carbonyl (C=O) groups excluding carboxylic acids is 1. The third kappa shape index (κ3) is 2.82. The third-order valence-electron chi connectivity index (χ3n) is 4.76. The van der Waals surface area contributed by atoms with Gasteiger partial charge < -0.3 is 4.90 Å². The molecule has 1 heterocycles. The molecule has 0 radical (unpaired) electrons. The minimum atomic E-state index is -0.474. The number of benzene rings is 3. The molecule has 0 aliphatic carbocycles. The highest BCUT2D eigenvalue weighted by Gasteiger charge is 2.33. The summed E-state index contributed by atoms with van der Waals surface area (Å²) in [5.41, 5.74) is 3.53. The van der Waals surface area contributed by atoms with Gasteiger partial charge >= 0.3 is 0 Å². The summed E-state index contributed by atoms with van der Waals surface area (Å²) >= 11 is 0. The molecule has 0 saturated heterocycles. The van der Waals surface area contributed by atoms with Crippen LogP contribution >= 0.6 is 0 Å². The Morgan fingerprint density at radius 3 is 2.36 bits per heavy atom. The van der Waals surface area contributed by atoms with E-state index in [1.807, 2.05) is 42.5 Å². The van der Waals surface area contributed by atoms with E-state index in [-0.39, 0.29) is 17.5 Å². The molecule has 2 nitrogen and oxygen atoms in total. The molecule has 0 saturated carbocycles. The molecule has 25 heavy (non-hydrogen) atoms. The highest BCUT2D eigenvalue weighted by Crippen LogP contribution is 2.36. The van der Waals surface area contributed by atoms with Crippen LogP contribution in [0.4, 0.5) is 4.39 Å². The van der Waals surface area contributed by atoms with Crippen molar-refractivity contribution in [1.29, 1.82) is 0 Å². The van der Waals surface area contributed by atoms with Crippen molar-refractivity contribution in [3.05, 3.63) is 107 Å². The molecule has 1 aliphatic rings. The maximum absolute atomic E-state index is 14.2. The second-order valence-corrected chi connectivity index (χ2v) is 6.24. The van der Waals surface area contributed by atoms with Gasteiger partial charge in [-0.1, -0.05) is 66.7 Å². The summed E-state index contributed by atoms with van der Waals surface area (Å²) in [6.45, 7) is 0.573. The Morgan fingerprint density at radius 2 is 1.56 bits per heavy atom.